The van der Waals surface area contributed by atoms with E-state index in [1.54, 1.807) is 0 Å². The molecule has 1 aliphatic rings. The summed E-state index contributed by atoms with van der Waals surface area (Å²) in [5.41, 5.74) is 5.60. The molecule has 0 aromatic rings. The zero-order chi connectivity index (χ0) is 10.4. The molecule has 1 saturated heterocycles. The van der Waals surface area contributed by atoms with Crippen LogP contribution in [0.4, 0.5) is 0 Å². The van der Waals surface area contributed by atoms with Crippen molar-refractivity contribution >= 4 is 5.91 Å². The molecular weight excluding hydrogens is 178 g/mol. The monoisotopic (exact) mass is 199 g/mol. The molecule has 0 aromatic heterocycles. The average Bonchev–Trinajstić information content (AvgIpc) is 2.26. The molecule has 2 atom stereocenters. The lowest BCUT2D eigenvalue weighted by Gasteiger charge is -2.23. The van der Waals surface area contributed by atoms with Gasteiger partial charge >= 0.3 is 0 Å². The van der Waals surface area contributed by atoms with E-state index in [2.05, 4.69) is 10.6 Å². The van der Waals surface area contributed by atoms with Crippen molar-refractivity contribution in [3.8, 4) is 0 Å². The van der Waals surface area contributed by atoms with Gasteiger partial charge in [-0.2, -0.15) is 0 Å². The van der Waals surface area contributed by atoms with Crippen molar-refractivity contribution in [2.24, 2.45) is 11.7 Å². The van der Waals surface area contributed by atoms with E-state index in [9.17, 15) is 4.79 Å². The SMILES string of the molecule is CCC(N)C(=O)NC[C@@H]1CCCNC1. The molecule has 4 nitrogen and oxygen atoms in total. The predicted molar refractivity (Wildman–Crippen MR) is 56.9 cm³/mol. The van der Waals surface area contributed by atoms with Crippen LogP contribution in [0, 0.1) is 5.92 Å². The van der Waals surface area contributed by atoms with Gasteiger partial charge < -0.3 is 16.4 Å². The van der Waals surface area contributed by atoms with E-state index >= 15 is 0 Å². The minimum absolute atomic E-state index is 0.0157. The smallest absolute Gasteiger partial charge is 0.236 e. The highest BCUT2D eigenvalue weighted by Crippen LogP contribution is 2.08. The molecule has 14 heavy (non-hydrogen) atoms. The van der Waals surface area contributed by atoms with E-state index in [-0.39, 0.29) is 11.9 Å². The van der Waals surface area contributed by atoms with Gasteiger partial charge in [-0.25, -0.2) is 0 Å². The molecule has 0 saturated carbocycles. The second-order valence-electron chi connectivity index (χ2n) is 3.97. The Hall–Kier alpha value is -0.610. The second-order valence-corrected chi connectivity index (χ2v) is 3.97. The molecule has 1 aliphatic heterocycles. The lowest BCUT2D eigenvalue weighted by atomic mass is 9.99. The Kier molecular flexibility index (Phi) is 4.90. The third-order valence-corrected chi connectivity index (χ3v) is 2.74. The lowest BCUT2D eigenvalue weighted by molar-refractivity contribution is -0.122. The molecule has 82 valence electrons. The van der Waals surface area contributed by atoms with Crippen LogP contribution in [-0.4, -0.2) is 31.6 Å². The number of rotatable bonds is 4. The van der Waals surface area contributed by atoms with Gasteiger partial charge in [0, 0.05) is 6.54 Å². The summed E-state index contributed by atoms with van der Waals surface area (Å²) in [5.74, 6) is 0.565. The molecule has 1 amide bonds. The molecule has 0 radical (unpaired) electrons. The van der Waals surface area contributed by atoms with E-state index < -0.39 is 0 Å². The molecule has 1 unspecified atom stereocenters. The minimum Gasteiger partial charge on any atom is -0.354 e. The number of amides is 1. The van der Waals surface area contributed by atoms with Crippen LogP contribution < -0.4 is 16.4 Å². The molecule has 1 heterocycles. The third-order valence-electron chi connectivity index (χ3n) is 2.74. The highest BCUT2D eigenvalue weighted by atomic mass is 16.2. The van der Waals surface area contributed by atoms with Gasteiger partial charge in [0.25, 0.3) is 0 Å². The Morgan fingerprint density at radius 2 is 2.50 bits per heavy atom. The Morgan fingerprint density at radius 1 is 1.71 bits per heavy atom. The van der Waals surface area contributed by atoms with Gasteiger partial charge in [-0.3, -0.25) is 4.79 Å². The number of carbonyl (C=O) groups is 1. The summed E-state index contributed by atoms with van der Waals surface area (Å²) >= 11 is 0. The lowest BCUT2D eigenvalue weighted by Crippen LogP contribution is -2.44. The van der Waals surface area contributed by atoms with Crippen molar-refractivity contribution in [2.75, 3.05) is 19.6 Å². The normalized spacial score (nSPS) is 24.3. The van der Waals surface area contributed by atoms with Crippen LogP contribution in [0.5, 0.6) is 0 Å². The first-order chi connectivity index (χ1) is 6.74. The van der Waals surface area contributed by atoms with Crippen LogP contribution in [0.25, 0.3) is 0 Å². The highest BCUT2D eigenvalue weighted by molar-refractivity contribution is 5.81. The zero-order valence-corrected chi connectivity index (χ0v) is 8.88. The number of nitrogens with two attached hydrogens (primary N) is 1. The second kappa shape index (κ2) is 5.98. The fourth-order valence-corrected chi connectivity index (χ4v) is 1.66. The standard InChI is InChI=1S/C10H21N3O/c1-2-9(11)10(14)13-7-8-4-3-5-12-6-8/h8-9,12H,2-7,11H2,1H3,(H,13,14)/t8-,9?/m1/s1. The molecule has 0 aliphatic carbocycles. The average molecular weight is 199 g/mol. The van der Waals surface area contributed by atoms with Gasteiger partial charge in [-0.05, 0) is 38.3 Å². The Labute approximate surface area is 85.6 Å². The van der Waals surface area contributed by atoms with Gasteiger partial charge in [-0.1, -0.05) is 6.92 Å². The van der Waals surface area contributed by atoms with E-state index in [4.69, 9.17) is 5.73 Å². The summed E-state index contributed by atoms with van der Waals surface area (Å²) in [6.07, 6.45) is 3.11. The van der Waals surface area contributed by atoms with Crippen molar-refractivity contribution in [1.29, 1.82) is 0 Å². The van der Waals surface area contributed by atoms with Crippen LogP contribution in [0.15, 0.2) is 0 Å². The fourth-order valence-electron chi connectivity index (χ4n) is 1.66. The maximum atomic E-state index is 11.4. The molecule has 0 bridgehead atoms. The molecular formula is C10H21N3O. The molecule has 0 spiro atoms. The Morgan fingerprint density at radius 3 is 3.07 bits per heavy atom. The Balaban J connectivity index is 2.15. The molecule has 0 aromatic carbocycles. The van der Waals surface area contributed by atoms with E-state index in [0.717, 1.165) is 19.6 Å². The van der Waals surface area contributed by atoms with Crippen LogP contribution in [-0.2, 0) is 4.79 Å². The zero-order valence-electron chi connectivity index (χ0n) is 8.88. The largest absolute Gasteiger partial charge is 0.354 e. The van der Waals surface area contributed by atoms with Crippen molar-refractivity contribution < 1.29 is 4.79 Å². The summed E-state index contributed by atoms with van der Waals surface area (Å²) < 4.78 is 0. The van der Waals surface area contributed by atoms with Gasteiger partial charge in [-0.15, -0.1) is 0 Å². The van der Waals surface area contributed by atoms with Crippen LogP contribution >= 0.6 is 0 Å². The number of hydrogen-bond donors (Lipinski definition) is 3. The summed E-state index contributed by atoms with van der Waals surface area (Å²) in [6.45, 7) is 4.81. The Bertz CT molecular complexity index is 178. The summed E-state index contributed by atoms with van der Waals surface area (Å²) in [5, 5.41) is 6.22. The predicted octanol–water partition coefficient (Wildman–Crippen LogP) is -0.160. The van der Waals surface area contributed by atoms with Crippen LogP contribution in [0.2, 0.25) is 0 Å². The van der Waals surface area contributed by atoms with Crippen molar-refractivity contribution in [2.45, 2.75) is 32.2 Å². The highest BCUT2D eigenvalue weighted by Gasteiger charge is 2.15. The maximum absolute atomic E-state index is 11.4. The summed E-state index contributed by atoms with van der Waals surface area (Å²) in [6, 6.07) is -0.341. The van der Waals surface area contributed by atoms with Crippen molar-refractivity contribution in [1.82, 2.24) is 10.6 Å². The van der Waals surface area contributed by atoms with E-state index in [1.165, 1.54) is 12.8 Å². The van der Waals surface area contributed by atoms with Gasteiger partial charge in [0.1, 0.15) is 0 Å². The topological polar surface area (TPSA) is 67.2 Å². The molecule has 1 rings (SSSR count). The first kappa shape index (κ1) is 11.5. The quantitative estimate of drug-likeness (QED) is 0.589. The summed E-state index contributed by atoms with van der Waals surface area (Å²) in [4.78, 5) is 11.4. The number of hydrogen-bond acceptors (Lipinski definition) is 3. The van der Waals surface area contributed by atoms with Gasteiger partial charge in [0.15, 0.2) is 0 Å². The summed E-state index contributed by atoms with van der Waals surface area (Å²) in [7, 11) is 0. The van der Waals surface area contributed by atoms with Gasteiger partial charge in [0.2, 0.25) is 5.91 Å². The fraction of sp³-hybridized carbons (Fsp3) is 0.900. The molecule has 4 heteroatoms. The van der Waals surface area contributed by atoms with Gasteiger partial charge in [0.05, 0.1) is 6.04 Å². The first-order valence-electron chi connectivity index (χ1n) is 5.48. The number of carbonyl (C=O) groups excluding carboxylic acids is 1. The number of piperidine rings is 1. The van der Waals surface area contributed by atoms with Crippen molar-refractivity contribution in [3.63, 3.8) is 0 Å². The minimum atomic E-state index is -0.341. The molecule has 1 fully saturated rings. The molecule has 4 N–H and O–H groups in total. The maximum Gasteiger partial charge on any atom is 0.236 e. The first-order valence-corrected chi connectivity index (χ1v) is 5.48. The number of nitrogens with one attached hydrogen (secondary N) is 2. The van der Waals surface area contributed by atoms with Crippen LogP contribution in [0.1, 0.15) is 26.2 Å². The van der Waals surface area contributed by atoms with E-state index in [1.807, 2.05) is 6.92 Å². The van der Waals surface area contributed by atoms with E-state index in [0.29, 0.717) is 12.3 Å². The third kappa shape index (κ3) is 3.64. The van der Waals surface area contributed by atoms with Crippen molar-refractivity contribution in [3.05, 3.63) is 0 Å². The van der Waals surface area contributed by atoms with Crippen LogP contribution in [0.3, 0.4) is 0 Å².